The summed E-state index contributed by atoms with van der Waals surface area (Å²) >= 11 is 0. The summed E-state index contributed by atoms with van der Waals surface area (Å²) in [4.78, 5) is 14.3. The van der Waals surface area contributed by atoms with Crippen LogP contribution in [0.15, 0.2) is 29.4 Å². The van der Waals surface area contributed by atoms with Crippen molar-refractivity contribution in [2.75, 3.05) is 13.1 Å². The zero-order chi connectivity index (χ0) is 13.8. The SMILES string of the molecule is CCC1CN(C(=O)c2cccc(C)c2)CC/C1=N\O. The number of rotatable bonds is 2. The molecule has 1 amide bonds. The van der Waals surface area contributed by atoms with Gasteiger partial charge >= 0.3 is 0 Å². The van der Waals surface area contributed by atoms with Crippen LogP contribution in [-0.4, -0.2) is 34.8 Å². The Morgan fingerprint density at radius 1 is 1.53 bits per heavy atom. The van der Waals surface area contributed by atoms with Gasteiger partial charge in [0.15, 0.2) is 0 Å². The van der Waals surface area contributed by atoms with Crippen molar-refractivity contribution < 1.29 is 10.0 Å². The average Bonchev–Trinajstić information content (AvgIpc) is 2.45. The topological polar surface area (TPSA) is 52.9 Å². The Morgan fingerprint density at radius 3 is 2.95 bits per heavy atom. The molecular formula is C15H20N2O2. The van der Waals surface area contributed by atoms with E-state index >= 15 is 0 Å². The van der Waals surface area contributed by atoms with Gasteiger partial charge in [0.05, 0.1) is 5.71 Å². The molecule has 102 valence electrons. The lowest BCUT2D eigenvalue weighted by atomic mass is 9.93. The summed E-state index contributed by atoms with van der Waals surface area (Å²) in [6.07, 6.45) is 1.55. The van der Waals surface area contributed by atoms with Gasteiger partial charge in [-0.2, -0.15) is 0 Å². The van der Waals surface area contributed by atoms with Gasteiger partial charge in [0, 0.05) is 31.0 Å². The highest BCUT2D eigenvalue weighted by Crippen LogP contribution is 2.19. The minimum atomic E-state index is 0.0686. The van der Waals surface area contributed by atoms with Gasteiger partial charge in [-0.05, 0) is 25.5 Å². The van der Waals surface area contributed by atoms with Crippen LogP contribution in [0.25, 0.3) is 0 Å². The molecule has 1 saturated heterocycles. The van der Waals surface area contributed by atoms with Crippen molar-refractivity contribution in [2.24, 2.45) is 11.1 Å². The minimum Gasteiger partial charge on any atom is -0.411 e. The smallest absolute Gasteiger partial charge is 0.253 e. The number of hydrogen-bond acceptors (Lipinski definition) is 3. The zero-order valence-corrected chi connectivity index (χ0v) is 11.5. The van der Waals surface area contributed by atoms with Crippen LogP contribution in [0.3, 0.4) is 0 Å². The number of piperidine rings is 1. The molecule has 19 heavy (non-hydrogen) atoms. The molecule has 1 aromatic rings. The molecule has 0 saturated carbocycles. The third kappa shape index (κ3) is 2.95. The van der Waals surface area contributed by atoms with E-state index in [0.29, 0.717) is 19.5 Å². The van der Waals surface area contributed by atoms with Crippen molar-refractivity contribution in [3.8, 4) is 0 Å². The van der Waals surface area contributed by atoms with E-state index in [4.69, 9.17) is 5.21 Å². The summed E-state index contributed by atoms with van der Waals surface area (Å²) < 4.78 is 0. The number of nitrogens with zero attached hydrogens (tertiary/aromatic N) is 2. The largest absolute Gasteiger partial charge is 0.411 e. The summed E-state index contributed by atoms with van der Waals surface area (Å²) in [5, 5.41) is 12.3. The number of benzene rings is 1. The van der Waals surface area contributed by atoms with E-state index in [0.717, 1.165) is 23.3 Å². The second kappa shape index (κ2) is 5.87. The van der Waals surface area contributed by atoms with Crippen molar-refractivity contribution in [1.82, 2.24) is 4.90 Å². The molecule has 0 aromatic heterocycles. The predicted molar refractivity (Wildman–Crippen MR) is 74.7 cm³/mol. The third-order valence-electron chi connectivity index (χ3n) is 3.72. The molecule has 1 aromatic carbocycles. The lowest BCUT2D eigenvalue weighted by molar-refractivity contribution is 0.0729. The maximum atomic E-state index is 12.4. The van der Waals surface area contributed by atoms with E-state index in [1.54, 1.807) is 0 Å². The quantitative estimate of drug-likeness (QED) is 0.656. The van der Waals surface area contributed by atoms with E-state index in [1.165, 1.54) is 0 Å². The summed E-state index contributed by atoms with van der Waals surface area (Å²) in [6, 6.07) is 7.66. The first-order valence-electron chi connectivity index (χ1n) is 6.72. The third-order valence-corrected chi connectivity index (χ3v) is 3.72. The second-order valence-electron chi connectivity index (χ2n) is 5.07. The van der Waals surface area contributed by atoms with Gasteiger partial charge in [0.1, 0.15) is 0 Å². The van der Waals surface area contributed by atoms with Crippen LogP contribution in [-0.2, 0) is 0 Å². The number of oxime groups is 1. The number of carbonyl (C=O) groups excluding carboxylic acids is 1. The number of likely N-dealkylation sites (tertiary alicyclic amines) is 1. The van der Waals surface area contributed by atoms with Crippen LogP contribution in [0, 0.1) is 12.8 Å². The zero-order valence-electron chi connectivity index (χ0n) is 11.5. The molecule has 4 heteroatoms. The number of hydrogen-bond donors (Lipinski definition) is 1. The first-order valence-corrected chi connectivity index (χ1v) is 6.72. The van der Waals surface area contributed by atoms with E-state index in [1.807, 2.05) is 36.1 Å². The minimum absolute atomic E-state index is 0.0686. The van der Waals surface area contributed by atoms with Gasteiger partial charge in [-0.3, -0.25) is 4.79 Å². The highest BCUT2D eigenvalue weighted by molar-refractivity contribution is 5.96. The molecule has 4 nitrogen and oxygen atoms in total. The Bertz CT molecular complexity index is 497. The summed E-state index contributed by atoms with van der Waals surface area (Å²) in [6.45, 7) is 5.31. The molecule has 2 rings (SSSR count). The fraction of sp³-hybridized carbons (Fsp3) is 0.467. The Morgan fingerprint density at radius 2 is 2.32 bits per heavy atom. The van der Waals surface area contributed by atoms with Crippen LogP contribution < -0.4 is 0 Å². The Kier molecular flexibility index (Phi) is 4.20. The van der Waals surface area contributed by atoms with Crippen LogP contribution in [0.4, 0.5) is 0 Å². The van der Waals surface area contributed by atoms with E-state index in [2.05, 4.69) is 12.1 Å². The fourth-order valence-electron chi connectivity index (χ4n) is 2.56. The first kappa shape index (κ1) is 13.6. The number of aryl methyl sites for hydroxylation is 1. The maximum Gasteiger partial charge on any atom is 0.253 e. The van der Waals surface area contributed by atoms with Crippen LogP contribution >= 0.6 is 0 Å². The Hall–Kier alpha value is -1.84. The number of amides is 1. The molecule has 1 N–H and O–H groups in total. The van der Waals surface area contributed by atoms with E-state index in [9.17, 15) is 4.79 Å². The van der Waals surface area contributed by atoms with Gasteiger partial charge in [0.2, 0.25) is 0 Å². The molecule has 0 spiro atoms. The summed E-state index contributed by atoms with van der Waals surface area (Å²) in [5.41, 5.74) is 2.64. The monoisotopic (exact) mass is 260 g/mol. The van der Waals surface area contributed by atoms with Gasteiger partial charge in [-0.15, -0.1) is 0 Å². The van der Waals surface area contributed by atoms with Gasteiger partial charge in [0.25, 0.3) is 5.91 Å². The highest BCUT2D eigenvalue weighted by Gasteiger charge is 2.28. The fourth-order valence-corrected chi connectivity index (χ4v) is 2.56. The first-order chi connectivity index (χ1) is 9.15. The molecule has 1 unspecified atom stereocenters. The van der Waals surface area contributed by atoms with Gasteiger partial charge < -0.3 is 10.1 Å². The van der Waals surface area contributed by atoms with Gasteiger partial charge in [-0.25, -0.2) is 0 Å². The van der Waals surface area contributed by atoms with Crippen molar-refractivity contribution in [3.05, 3.63) is 35.4 Å². The number of carbonyl (C=O) groups is 1. The molecule has 1 heterocycles. The van der Waals surface area contributed by atoms with Crippen molar-refractivity contribution in [2.45, 2.75) is 26.7 Å². The molecule has 1 aliphatic rings. The molecule has 1 aliphatic heterocycles. The Balaban J connectivity index is 2.13. The van der Waals surface area contributed by atoms with E-state index in [-0.39, 0.29) is 11.8 Å². The highest BCUT2D eigenvalue weighted by atomic mass is 16.4. The summed E-state index contributed by atoms with van der Waals surface area (Å²) in [5.74, 6) is 0.242. The van der Waals surface area contributed by atoms with Crippen LogP contribution in [0.1, 0.15) is 35.7 Å². The van der Waals surface area contributed by atoms with E-state index < -0.39 is 0 Å². The van der Waals surface area contributed by atoms with Crippen molar-refractivity contribution in [3.63, 3.8) is 0 Å². The Labute approximate surface area is 113 Å². The molecule has 1 fully saturated rings. The standard InChI is InChI=1S/C15H20N2O2/c1-3-12-10-17(8-7-14(12)16-19)15(18)13-6-4-5-11(2)9-13/h4-6,9,12,19H,3,7-8,10H2,1-2H3/b16-14+. The van der Waals surface area contributed by atoms with Crippen molar-refractivity contribution in [1.29, 1.82) is 0 Å². The lowest BCUT2D eigenvalue weighted by Gasteiger charge is -2.33. The normalized spacial score (nSPS) is 21.7. The maximum absolute atomic E-state index is 12.4. The van der Waals surface area contributed by atoms with Crippen LogP contribution in [0.2, 0.25) is 0 Å². The lowest BCUT2D eigenvalue weighted by Crippen LogP contribution is -2.44. The molecule has 1 atom stereocenters. The summed E-state index contributed by atoms with van der Waals surface area (Å²) in [7, 11) is 0. The van der Waals surface area contributed by atoms with Gasteiger partial charge in [-0.1, -0.05) is 29.8 Å². The molecule has 0 radical (unpaired) electrons. The second-order valence-corrected chi connectivity index (χ2v) is 5.07. The predicted octanol–water partition coefficient (Wildman–Crippen LogP) is 2.70. The molecule has 0 aliphatic carbocycles. The average molecular weight is 260 g/mol. The van der Waals surface area contributed by atoms with Crippen LogP contribution in [0.5, 0.6) is 0 Å². The molecular weight excluding hydrogens is 240 g/mol. The molecule has 0 bridgehead atoms. The van der Waals surface area contributed by atoms with Crippen molar-refractivity contribution >= 4 is 11.6 Å².